The highest BCUT2D eigenvalue weighted by Gasteiger charge is 2.34. The second kappa shape index (κ2) is 9.44. The summed E-state index contributed by atoms with van der Waals surface area (Å²) in [7, 11) is 1.38. The molecule has 1 amide bonds. The number of nitro benzene ring substituents is 1. The fraction of sp³-hybridized carbons (Fsp3) is 0.333. The Labute approximate surface area is 168 Å². The number of hydrogen-bond acceptors (Lipinski definition) is 5. The van der Waals surface area contributed by atoms with Crippen LogP contribution in [0.5, 0.6) is 5.75 Å². The number of non-ortho nitro benzene ring substituents is 1. The van der Waals surface area contributed by atoms with Crippen molar-refractivity contribution in [2.45, 2.75) is 9.96 Å². The summed E-state index contributed by atoms with van der Waals surface area (Å²) < 4.78 is 3.15. The fourth-order valence-electron chi connectivity index (χ4n) is 1.60. The van der Waals surface area contributed by atoms with E-state index < -0.39 is 20.8 Å². The molecule has 1 aromatic rings. The van der Waals surface area contributed by atoms with Crippen molar-refractivity contribution in [3.05, 3.63) is 28.3 Å². The van der Waals surface area contributed by atoms with Crippen molar-refractivity contribution in [1.29, 1.82) is 0 Å². The average Bonchev–Trinajstić information content (AvgIpc) is 2.52. The summed E-state index contributed by atoms with van der Waals surface area (Å²) in [6.45, 7) is 0. The van der Waals surface area contributed by atoms with Gasteiger partial charge in [0.2, 0.25) is 9.70 Å². The molecular formula is C12H12Cl4N4O4S. The number of anilines is 1. The Morgan fingerprint density at radius 1 is 1.40 bits per heavy atom. The third-order valence-electron chi connectivity index (χ3n) is 2.67. The zero-order valence-corrected chi connectivity index (χ0v) is 16.4. The van der Waals surface area contributed by atoms with Crippen LogP contribution in [0.25, 0.3) is 0 Å². The van der Waals surface area contributed by atoms with Gasteiger partial charge in [-0.25, -0.2) is 0 Å². The molecule has 8 nitrogen and oxygen atoms in total. The molecule has 1 atom stereocenters. The Kier molecular flexibility index (Phi) is 8.23. The average molecular weight is 450 g/mol. The van der Waals surface area contributed by atoms with Crippen LogP contribution in [0.15, 0.2) is 18.2 Å². The lowest BCUT2D eigenvalue weighted by Crippen LogP contribution is -2.56. The Hall–Kier alpha value is -1.26. The van der Waals surface area contributed by atoms with Gasteiger partial charge in [0, 0.05) is 12.1 Å². The highest BCUT2D eigenvalue weighted by Crippen LogP contribution is 2.30. The molecule has 0 aliphatic rings. The lowest BCUT2D eigenvalue weighted by atomic mass is 10.2. The molecule has 0 saturated carbocycles. The molecule has 0 bridgehead atoms. The number of thiocarbonyl (C=S) groups is 1. The third-order valence-corrected chi connectivity index (χ3v) is 3.79. The Bertz CT molecular complexity index is 671. The van der Waals surface area contributed by atoms with Crippen LogP contribution in [0.3, 0.4) is 0 Å². The number of hydrogen-bond donors (Lipinski definition) is 3. The molecule has 0 spiro atoms. The van der Waals surface area contributed by atoms with Crippen molar-refractivity contribution in [3.63, 3.8) is 0 Å². The number of nitrogens with one attached hydrogen (secondary N) is 3. The van der Waals surface area contributed by atoms with Gasteiger partial charge in [-0.15, -0.1) is 11.6 Å². The summed E-state index contributed by atoms with van der Waals surface area (Å²) >= 11 is 27.8. The largest absolute Gasteiger partial charge is 0.495 e. The first-order valence-electron chi connectivity index (χ1n) is 6.40. The van der Waals surface area contributed by atoms with Gasteiger partial charge in [0.05, 0.1) is 17.7 Å². The second-order valence-corrected chi connectivity index (χ2v) is 7.46. The number of halogens is 4. The highest BCUT2D eigenvalue weighted by atomic mass is 35.6. The maximum atomic E-state index is 11.4. The monoisotopic (exact) mass is 448 g/mol. The minimum atomic E-state index is -1.94. The maximum absolute atomic E-state index is 11.4. The summed E-state index contributed by atoms with van der Waals surface area (Å²) in [6.07, 6.45) is -1.20. The SMILES string of the molecule is COc1ccc([N+](=O)[O-])cc1NC(=S)N[C@H](NC(=O)CCl)C(Cl)(Cl)Cl. The number of alkyl halides is 4. The van der Waals surface area contributed by atoms with Crippen LogP contribution in [0.4, 0.5) is 11.4 Å². The summed E-state index contributed by atoms with van der Waals surface area (Å²) in [4.78, 5) is 21.7. The van der Waals surface area contributed by atoms with E-state index in [0.29, 0.717) is 5.75 Å². The van der Waals surface area contributed by atoms with Gasteiger partial charge in [0.15, 0.2) is 5.11 Å². The van der Waals surface area contributed by atoms with Crippen molar-refractivity contribution in [2.24, 2.45) is 0 Å². The van der Waals surface area contributed by atoms with Crippen LogP contribution in [0, 0.1) is 10.1 Å². The number of rotatable bonds is 6. The number of methoxy groups -OCH3 is 1. The fourth-order valence-corrected chi connectivity index (χ4v) is 2.23. The zero-order chi connectivity index (χ0) is 19.2. The molecule has 0 aliphatic carbocycles. The van der Waals surface area contributed by atoms with Crippen molar-refractivity contribution >= 4 is 81.0 Å². The van der Waals surface area contributed by atoms with E-state index in [1.807, 2.05) is 0 Å². The van der Waals surface area contributed by atoms with Gasteiger partial charge in [-0.1, -0.05) is 34.8 Å². The van der Waals surface area contributed by atoms with Crippen LogP contribution in [-0.2, 0) is 4.79 Å². The molecule has 0 aromatic heterocycles. The van der Waals surface area contributed by atoms with Crippen molar-refractivity contribution in [2.75, 3.05) is 18.3 Å². The molecule has 1 aromatic carbocycles. The van der Waals surface area contributed by atoms with Crippen molar-refractivity contribution in [3.8, 4) is 5.75 Å². The quantitative estimate of drug-likeness (QED) is 0.201. The first kappa shape index (κ1) is 21.8. The number of carbonyl (C=O) groups is 1. The molecule has 0 saturated heterocycles. The molecule has 0 radical (unpaired) electrons. The van der Waals surface area contributed by atoms with Gasteiger partial charge in [0.1, 0.15) is 17.8 Å². The molecule has 25 heavy (non-hydrogen) atoms. The Morgan fingerprint density at radius 3 is 2.52 bits per heavy atom. The smallest absolute Gasteiger partial charge is 0.271 e. The Balaban J connectivity index is 2.94. The van der Waals surface area contributed by atoms with Crippen LogP contribution >= 0.6 is 58.6 Å². The maximum Gasteiger partial charge on any atom is 0.271 e. The van der Waals surface area contributed by atoms with E-state index in [1.165, 1.54) is 25.3 Å². The highest BCUT2D eigenvalue weighted by molar-refractivity contribution is 7.80. The molecule has 13 heteroatoms. The number of nitrogens with zero attached hydrogens (tertiary/aromatic N) is 1. The van der Waals surface area contributed by atoms with Gasteiger partial charge in [-0.3, -0.25) is 14.9 Å². The summed E-state index contributed by atoms with van der Waals surface area (Å²) in [5, 5.41) is 18.4. The summed E-state index contributed by atoms with van der Waals surface area (Å²) in [5.74, 6) is -0.649. The van der Waals surface area contributed by atoms with Crippen molar-refractivity contribution < 1.29 is 14.5 Å². The van der Waals surface area contributed by atoms with Crippen LogP contribution < -0.4 is 20.7 Å². The van der Waals surface area contributed by atoms with E-state index in [-0.39, 0.29) is 22.4 Å². The lowest BCUT2D eigenvalue weighted by molar-refractivity contribution is -0.384. The standard InChI is InChI=1S/C12H12Cl4N4O4S/c1-24-8-3-2-6(20(22)23)4-7(8)17-11(25)19-10(12(14,15)16)18-9(21)5-13/h2-4,10H,5H2,1H3,(H,18,21)(H2,17,19,25)/t10-/m0/s1. The molecule has 0 fully saturated rings. The van der Waals surface area contributed by atoms with Gasteiger partial charge < -0.3 is 20.7 Å². The molecular weight excluding hydrogens is 438 g/mol. The van der Waals surface area contributed by atoms with E-state index in [0.717, 1.165) is 0 Å². The van der Waals surface area contributed by atoms with E-state index in [9.17, 15) is 14.9 Å². The number of amides is 1. The predicted molar refractivity (Wildman–Crippen MR) is 102 cm³/mol. The van der Waals surface area contributed by atoms with Gasteiger partial charge in [0.25, 0.3) is 5.69 Å². The number of benzene rings is 1. The molecule has 0 aliphatic heterocycles. The third kappa shape index (κ3) is 6.87. The lowest BCUT2D eigenvalue weighted by Gasteiger charge is -2.27. The topological polar surface area (TPSA) is 106 Å². The van der Waals surface area contributed by atoms with Crippen LogP contribution in [-0.4, -0.2) is 38.9 Å². The predicted octanol–water partition coefficient (Wildman–Crippen LogP) is 2.94. The second-order valence-electron chi connectivity index (χ2n) is 4.42. The van der Waals surface area contributed by atoms with Gasteiger partial charge >= 0.3 is 0 Å². The van der Waals surface area contributed by atoms with Gasteiger partial charge in [-0.05, 0) is 18.3 Å². The Morgan fingerprint density at radius 2 is 2.04 bits per heavy atom. The molecule has 138 valence electrons. The molecule has 0 heterocycles. The molecule has 1 rings (SSSR count). The van der Waals surface area contributed by atoms with E-state index >= 15 is 0 Å². The minimum Gasteiger partial charge on any atom is -0.495 e. The zero-order valence-electron chi connectivity index (χ0n) is 12.5. The summed E-state index contributed by atoms with van der Waals surface area (Å²) in [5.41, 5.74) is 0.0282. The first-order chi connectivity index (χ1) is 11.6. The van der Waals surface area contributed by atoms with E-state index in [2.05, 4.69) is 16.0 Å². The van der Waals surface area contributed by atoms with Crippen LogP contribution in [0.2, 0.25) is 0 Å². The number of nitro groups is 1. The normalized spacial score (nSPS) is 12.0. The number of carbonyl (C=O) groups excluding carboxylic acids is 1. The minimum absolute atomic E-state index is 0.0787. The van der Waals surface area contributed by atoms with E-state index in [1.54, 1.807) is 0 Å². The molecule has 0 unspecified atom stereocenters. The van der Waals surface area contributed by atoms with Crippen LogP contribution in [0.1, 0.15) is 0 Å². The first-order valence-corrected chi connectivity index (χ1v) is 8.48. The van der Waals surface area contributed by atoms with Gasteiger partial charge in [-0.2, -0.15) is 0 Å². The number of ether oxygens (including phenoxy) is 1. The van der Waals surface area contributed by atoms with Crippen molar-refractivity contribution in [1.82, 2.24) is 10.6 Å². The molecule has 3 N–H and O–H groups in total. The summed E-state index contributed by atoms with van der Waals surface area (Å²) in [6, 6.07) is 3.88. The van der Waals surface area contributed by atoms with E-state index in [4.69, 9.17) is 63.4 Å².